The van der Waals surface area contributed by atoms with E-state index in [0.29, 0.717) is 0 Å². The first-order valence-electron chi connectivity index (χ1n) is 7.90. The molecule has 1 aromatic rings. The van der Waals surface area contributed by atoms with Gasteiger partial charge in [-0.25, -0.2) is 4.99 Å². The van der Waals surface area contributed by atoms with Gasteiger partial charge in [0.1, 0.15) is 0 Å². The molecule has 2 N–H and O–H groups in total. The molecule has 0 amide bonds. The molecular weight excluding hydrogens is 282 g/mol. The molecule has 0 unspecified atom stereocenters. The molecule has 0 radical (unpaired) electrons. The Labute approximate surface area is 133 Å². The Kier molecular flexibility index (Phi) is 9.91. The number of aliphatic imine (C=N–C) groups is 1. The number of hydrogen-bond donors (Lipinski definition) is 2. The summed E-state index contributed by atoms with van der Waals surface area (Å²) in [6.07, 6.45) is 3.35. The van der Waals surface area contributed by atoms with Crippen LogP contribution in [0.5, 0.6) is 0 Å². The van der Waals surface area contributed by atoms with Crippen molar-refractivity contribution in [3.8, 4) is 0 Å². The van der Waals surface area contributed by atoms with E-state index in [2.05, 4.69) is 47.8 Å². The van der Waals surface area contributed by atoms with Crippen molar-refractivity contribution >= 4 is 17.3 Å². The Bertz CT molecular complexity index is 404. The topological polar surface area (TPSA) is 45.6 Å². The molecule has 0 spiro atoms. The van der Waals surface area contributed by atoms with E-state index in [0.717, 1.165) is 51.6 Å². The highest BCUT2D eigenvalue weighted by molar-refractivity contribution is 7.10. The number of thiophene rings is 1. The van der Waals surface area contributed by atoms with E-state index >= 15 is 0 Å². The molecule has 1 aromatic heterocycles. The quantitative estimate of drug-likeness (QED) is 0.396. The summed E-state index contributed by atoms with van der Waals surface area (Å²) in [7, 11) is 0. The second-order valence-electron chi connectivity index (χ2n) is 4.97. The van der Waals surface area contributed by atoms with Gasteiger partial charge in [-0.1, -0.05) is 13.3 Å². The van der Waals surface area contributed by atoms with Gasteiger partial charge in [0.25, 0.3) is 0 Å². The number of ether oxygens (including phenoxy) is 1. The summed E-state index contributed by atoms with van der Waals surface area (Å²) >= 11 is 1.77. The minimum absolute atomic E-state index is 0.742. The molecule has 0 saturated carbocycles. The van der Waals surface area contributed by atoms with Gasteiger partial charge in [-0.05, 0) is 43.7 Å². The Morgan fingerprint density at radius 3 is 2.71 bits per heavy atom. The highest BCUT2D eigenvalue weighted by Crippen LogP contribution is 2.16. The zero-order chi connectivity index (χ0) is 15.3. The summed E-state index contributed by atoms with van der Waals surface area (Å²) in [6, 6.07) is 2.14. The van der Waals surface area contributed by atoms with Crippen LogP contribution in [0.4, 0.5) is 0 Å². The lowest BCUT2D eigenvalue weighted by atomic mass is 10.3. The fraction of sp³-hybridized carbons (Fsp3) is 0.688. The van der Waals surface area contributed by atoms with Crippen LogP contribution >= 0.6 is 11.3 Å². The van der Waals surface area contributed by atoms with Crippen LogP contribution in [0.25, 0.3) is 0 Å². The zero-order valence-corrected chi connectivity index (χ0v) is 14.4. The predicted octanol–water partition coefficient (Wildman–Crippen LogP) is 3.32. The Morgan fingerprint density at radius 2 is 2.05 bits per heavy atom. The molecular formula is C16H29N3OS. The van der Waals surface area contributed by atoms with Crippen LogP contribution < -0.4 is 10.6 Å². The maximum absolute atomic E-state index is 5.55. The van der Waals surface area contributed by atoms with Gasteiger partial charge >= 0.3 is 0 Å². The normalized spacial score (nSPS) is 11.7. The van der Waals surface area contributed by atoms with E-state index in [1.807, 2.05) is 0 Å². The smallest absolute Gasteiger partial charge is 0.191 e. The van der Waals surface area contributed by atoms with E-state index in [4.69, 9.17) is 4.74 Å². The molecule has 0 aliphatic carbocycles. The average Bonchev–Trinajstić information content (AvgIpc) is 2.89. The summed E-state index contributed by atoms with van der Waals surface area (Å²) in [5.41, 5.74) is 1.32. The van der Waals surface area contributed by atoms with Gasteiger partial charge in [0.15, 0.2) is 5.96 Å². The number of rotatable bonds is 10. The van der Waals surface area contributed by atoms with Gasteiger partial charge in [-0.2, -0.15) is 0 Å². The lowest BCUT2D eigenvalue weighted by molar-refractivity contribution is 0.129. The average molecular weight is 311 g/mol. The molecule has 0 fully saturated rings. The number of hydrogen-bond acceptors (Lipinski definition) is 3. The monoisotopic (exact) mass is 311 g/mol. The molecule has 0 aliphatic rings. The van der Waals surface area contributed by atoms with Gasteiger partial charge < -0.3 is 15.4 Å². The number of nitrogens with zero attached hydrogens (tertiary/aromatic N) is 1. The SMILES string of the molecule is CCCCOCCCNC(=NCc1sccc1C)NCC. The maximum atomic E-state index is 5.55. The van der Waals surface area contributed by atoms with E-state index in [1.54, 1.807) is 11.3 Å². The van der Waals surface area contributed by atoms with Crippen molar-refractivity contribution in [2.24, 2.45) is 4.99 Å². The molecule has 0 bridgehead atoms. The summed E-state index contributed by atoms with van der Waals surface area (Å²) in [5.74, 6) is 0.888. The van der Waals surface area contributed by atoms with Crippen molar-refractivity contribution in [2.75, 3.05) is 26.3 Å². The lowest BCUT2D eigenvalue weighted by Crippen LogP contribution is -2.38. The molecule has 0 saturated heterocycles. The molecule has 5 heteroatoms. The summed E-state index contributed by atoms with van der Waals surface area (Å²) in [4.78, 5) is 5.96. The predicted molar refractivity (Wildman–Crippen MR) is 92.2 cm³/mol. The first kappa shape index (κ1) is 18.0. The first-order chi connectivity index (χ1) is 10.3. The third-order valence-corrected chi connectivity index (χ3v) is 4.10. The van der Waals surface area contributed by atoms with E-state index in [-0.39, 0.29) is 0 Å². The number of nitrogens with one attached hydrogen (secondary N) is 2. The summed E-state index contributed by atoms with van der Waals surface area (Å²) in [6.45, 7) is 10.6. The molecule has 0 aromatic carbocycles. The molecule has 4 nitrogen and oxygen atoms in total. The van der Waals surface area contributed by atoms with E-state index in [9.17, 15) is 0 Å². The van der Waals surface area contributed by atoms with Gasteiger partial charge in [0, 0.05) is 31.2 Å². The van der Waals surface area contributed by atoms with Crippen molar-refractivity contribution in [3.05, 3.63) is 21.9 Å². The minimum Gasteiger partial charge on any atom is -0.381 e. The second-order valence-corrected chi connectivity index (χ2v) is 5.97. The fourth-order valence-electron chi connectivity index (χ4n) is 1.79. The fourth-order valence-corrected chi connectivity index (χ4v) is 2.62. The third kappa shape index (κ3) is 8.07. The standard InChI is InChI=1S/C16H29N3OS/c1-4-6-10-20-11-7-9-18-16(17-5-2)19-13-15-14(3)8-12-21-15/h8,12H,4-7,9-11,13H2,1-3H3,(H2,17,18,19). The van der Waals surface area contributed by atoms with Crippen LogP contribution in [0, 0.1) is 6.92 Å². The number of guanidine groups is 1. The number of unbranched alkanes of at least 4 members (excludes halogenated alkanes) is 1. The second kappa shape index (κ2) is 11.6. The van der Waals surface area contributed by atoms with Crippen molar-refractivity contribution in [3.63, 3.8) is 0 Å². The van der Waals surface area contributed by atoms with Crippen molar-refractivity contribution in [1.29, 1.82) is 0 Å². The summed E-state index contributed by atoms with van der Waals surface area (Å²) in [5, 5.41) is 8.75. The zero-order valence-electron chi connectivity index (χ0n) is 13.6. The van der Waals surface area contributed by atoms with Gasteiger partial charge in [-0.3, -0.25) is 0 Å². The Balaban J connectivity index is 2.24. The van der Waals surface area contributed by atoms with Gasteiger partial charge in [-0.15, -0.1) is 11.3 Å². The van der Waals surface area contributed by atoms with Crippen LogP contribution in [-0.2, 0) is 11.3 Å². The molecule has 120 valence electrons. The van der Waals surface area contributed by atoms with E-state index < -0.39 is 0 Å². The van der Waals surface area contributed by atoms with Crippen LogP contribution in [0.3, 0.4) is 0 Å². The van der Waals surface area contributed by atoms with Crippen molar-refractivity contribution in [1.82, 2.24) is 10.6 Å². The van der Waals surface area contributed by atoms with Crippen molar-refractivity contribution in [2.45, 2.75) is 46.6 Å². The first-order valence-corrected chi connectivity index (χ1v) is 8.78. The third-order valence-electron chi connectivity index (χ3n) is 3.09. The van der Waals surface area contributed by atoms with Crippen molar-refractivity contribution < 1.29 is 4.74 Å². The molecule has 1 heterocycles. The minimum atomic E-state index is 0.742. The number of aryl methyl sites for hydroxylation is 1. The van der Waals surface area contributed by atoms with Crippen LogP contribution in [0.2, 0.25) is 0 Å². The Hall–Kier alpha value is -1.07. The molecule has 0 atom stereocenters. The highest BCUT2D eigenvalue weighted by atomic mass is 32.1. The van der Waals surface area contributed by atoms with Crippen LogP contribution in [0.15, 0.2) is 16.4 Å². The van der Waals surface area contributed by atoms with Crippen LogP contribution in [0.1, 0.15) is 43.6 Å². The molecule has 21 heavy (non-hydrogen) atoms. The largest absolute Gasteiger partial charge is 0.381 e. The Morgan fingerprint density at radius 1 is 1.24 bits per heavy atom. The van der Waals surface area contributed by atoms with Gasteiger partial charge in [0.05, 0.1) is 6.54 Å². The van der Waals surface area contributed by atoms with Crippen LogP contribution in [-0.4, -0.2) is 32.3 Å². The maximum Gasteiger partial charge on any atom is 0.191 e. The lowest BCUT2D eigenvalue weighted by Gasteiger charge is -2.11. The molecule has 1 rings (SSSR count). The summed E-state index contributed by atoms with van der Waals surface area (Å²) < 4.78 is 5.55. The van der Waals surface area contributed by atoms with Gasteiger partial charge in [0.2, 0.25) is 0 Å². The van der Waals surface area contributed by atoms with E-state index in [1.165, 1.54) is 16.9 Å². The molecule has 0 aliphatic heterocycles. The highest BCUT2D eigenvalue weighted by Gasteiger charge is 2.00.